The molecule has 0 bridgehead atoms. The van der Waals surface area contributed by atoms with E-state index in [0.29, 0.717) is 38.0 Å². The number of nitrogens with one attached hydrogen (secondary N) is 1. The number of carbonyl (C=O) groups excluding carboxylic acids is 2. The van der Waals surface area contributed by atoms with E-state index in [2.05, 4.69) is 10.2 Å². The smallest absolute Gasteiger partial charge is 0.227 e. The van der Waals surface area contributed by atoms with Gasteiger partial charge in [0.15, 0.2) is 0 Å². The van der Waals surface area contributed by atoms with Gasteiger partial charge in [-0.2, -0.15) is 0 Å². The van der Waals surface area contributed by atoms with Crippen LogP contribution in [-0.4, -0.2) is 71.1 Å². The third-order valence-electron chi connectivity index (χ3n) is 6.08. The lowest BCUT2D eigenvalue weighted by molar-refractivity contribution is -0.130. The Hall–Kier alpha value is -1.99. The molecule has 1 unspecified atom stereocenters. The van der Waals surface area contributed by atoms with Crippen LogP contribution in [0, 0.1) is 5.82 Å². The van der Waals surface area contributed by atoms with Crippen LogP contribution in [0.4, 0.5) is 4.39 Å². The average molecular weight is 406 g/mol. The molecule has 2 fully saturated rings. The molecule has 0 saturated carbocycles. The minimum Gasteiger partial charge on any atom is -0.388 e. The number of amides is 2. The van der Waals surface area contributed by atoms with Gasteiger partial charge in [-0.1, -0.05) is 18.2 Å². The number of rotatable bonds is 5. The monoisotopic (exact) mass is 405 g/mol. The number of hydrogen-bond donors (Lipinski definition) is 2. The molecular formula is C22H32FN3O3. The SMILES string of the molecule is CC(=O)NC1CCN(CC2(O)CCCN(C(=O)Cc3ccccc3F)CC2)CC1. The Kier molecular flexibility index (Phi) is 7.24. The van der Waals surface area contributed by atoms with Crippen molar-refractivity contribution in [2.45, 2.75) is 57.1 Å². The number of aliphatic hydroxyl groups is 1. The maximum atomic E-state index is 13.8. The summed E-state index contributed by atoms with van der Waals surface area (Å²) in [5, 5.41) is 14.1. The summed E-state index contributed by atoms with van der Waals surface area (Å²) in [7, 11) is 0. The van der Waals surface area contributed by atoms with Crippen molar-refractivity contribution in [3.8, 4) is 0 Å². The van der Waals surface area contributed by atoms with Crippen molar-refractivity contribution >= 4 is 11.8 Å². The first-order chi connectivity index (χ1) is 13.8. The Labute approximate surface area is 172 Å². The van der Waals surface area contributed by atoms with Crippen LogP contribution in [0.2, 0.25) is 0 Å². The van der Waals surface area contributed by atoms with Gasteiger partial charge < -0.3 is 20.2 Å². The van der Waals surface area contributed by atoms with Gasteiger partial charge in [0.25, 0.3) is 0 Å². The largest absolute Gasteiger partial charge is 0.388 e. The van der Waals surface area contributed by atoms with Crippen LogP contribution in [0.3, 0.4) is 0 Å². The first-order valence-electron chi connectivity index (χ1n) is 10.6. The lowest BCUT2D eigenvalue weighted by Crippen LogP contribution is -2.50. The van der Waals surface area contributed by atoms with Gasteiger partial charge in [0.2, 0.25) is 11.8 Å². The molecule has 1 atom stereocenters. The van der Waals surface area contributed by atoms with Crippen LogP contribution in [0.5, 0.6) is 0 Å². The third-order valence-corrected chi connectivity index (χ3v) is 6.08. The summed E-state index contributed by atoms with van der Waals surface area (Å²) >= 11 is 0. The highest BCUT2D eigenvalue weighted by Crippen LogP contribution is 2.25. The highest BCUT2D eigenvalue weighted by Gasteiger charge is 2.34. The number of nitrogens with zero attached hydrogens (tertiary/aromatic N) is 2. The predicted octanol–water partition coefficient (Wildman–Crippen LogP) is 1.71. The predicted molar refractivity (Wildman–Crippen MR) is 109 cm³/mol. The Bertz CT molecular complexity index is 721. The van der Waals surface area contributed by atoms with Gasteiger partial charge in [-0.05, 0) is 43.7 Å². The molecule has 2 aliphatic rings. The van der Waals surface area contributed by atoms with E-state index < -0.39 is 5.60 Å². The lowest BCUT2D eigenvalue weighted by atomic mass is 9.93. The second kappa shape index (κ2) is 9.67. The van der Waals surface area contributed by atoms with Crippen LogP contribution >= 0.6 is 0 Å². The van der Waals surface area contributed by atoms with Gasteiger partial charge in [0.1, 0.15) is 5.82 Å². The lowest BCUT2D eigenvalue weighted by Gasteiger charge is -2.38. The maximum Gasteiger partial charge on any atom is 0.227 e. The van der Waals surface area contributed by atoms with Crippen LogP contribution in [0.15, 0.2) is 24.3 Å². The fraction of sp³-hybridized carbons (Fsp3) is 0.636. The molecule has 160 valence electrons. The Morgan fingerprint density at radius 2 is 1.90 bits per heavy atom. The van der Waals surface area contributed by atoms with Crippen LogP contribution in [0.1, 0.15) is 44.6 Å². The van der Waals surface area contributed by atoms with Crippen molar-refractivity contribution < 1.29 is 19.1 Å². The Morgan fingerprint density at radius 1 is 1.17 bits per heavy atom. The van der Waals surface area contributed by atoms with Crippen molar-refractivity contribution in [3.63, 3.8) is 0 Å². The van der Waals surface area contributed by atoms with Crippen molar-refractivity contribution in [2.75, 3.05) is 32.7 Å². The quantitative estimate of drug-likeness (QED) is 0.782. The molecule has 3 rings (SSSR count). The van der Waals surface area contributed by atoms with Crippen LogP contribution < -0.4 is 5.32 Å². The average Bonchev–Trinajstić information content (AvgIpc) is 2.87. The summed E-state index contributed by atoms with van der Waals surface area (Å²) in [5.74, 6) is -0.434. The molecule has 2 saturated heterocycles. The van der Waals surface area contributed by atoms with Crippen molar-refractivity contribution in [3.05, 3.63) is 35.6 Å². The summed E-state index contributed by atoms with van der Waals surface area (Å²) in [6.07, 6.45) is 3.76. The zero-order valence-corrected chi connectivity index (χ0v) is 17.2. The highest BCUT2D eigenvalue weighted by atomic mass is 19.1. The molecule has 2 heterocycles. The Morgan fingerprint density at radius 3 is 2.59 bits per heavy atom. The van der Waals surface area contributed by atoms with Gasteiger partial charge in [0, 0.05) is 45.7 Å². The summed E-state index contributed by atoms with van der Waals surface area (Å²) in [4.78, 5) is 27.8. The molecule has 7 heteroatoms. The van der Waals surface area contributed by atoms with Crippen molar-refractivity contribution in [1.82, 2.24) is 15.1 Å². The van der Waals surface area contributed by atoms with E-state index in [4.69, 9.17) is 0 Å². The van der Waals surface area contributed by atoms with E-state index in [9.17, 15) is 19.1 Å². The van der Waals surface area contributed by atoms with Crippen molar-refractivity contribution in [2.24, 2.45) is 0 Å². The van der Waals surface area contributed by atoms with E-state index >= 15 is 0 Å². The zero-order valence-electron chi connectivity index (χ0n) is 17.2. The summed E-state index contributed by atoms with van der Waals surface area (Å²) in [6, 6.07) is 6.60. The number of benzene rings is 1. The second-order valence-electron chi connectivity index (χ2n) is 8.48. The second-order valence-corrected chi connectivity index (χ2v) is 8.48. The molecule has 6 nitrogen and oxygen atoms in total. The maximum absolute atomic E-state index is 13.8. The Balaban J connectivity index is 1.49. The fourth-order valence-corrected chi connectivity index (χ4v) is 4.44. The number of hydrogen-bond acceptors (Lipinski definition) is 4. The molecule has 0 aromatic heterocycles. The molecule has 1 aromatic carbocycles. The summed E-state index contributed by atoms with van der Waals surface area (Å²) in [5.41, 5.74) is -0.396. The van der Waals surface area contributed by atoms with Crippen molar-refractivity contribution in [1.29, 1.82) is 0 Å². The topological polar surface area (TPSA) is 72.9 Å². The highest BCUT2D eigenvalue weighted by molar-refractivity contribution is 5.78. The molecule has 2 amide bonds. The molecule has 2 aliphatic heterocycles. The molecule has 0 radical (unpaired) electrons. The van der Waals surface area contributed by atoms with E-state index in [1.807, 2.05) is 0 Å². The zero-order chi connectivity index (χ0) is 20.9. The first-order valence-corrected chi connectivity index (χ1v) is 10.6. The summed E-state index contributed by atoms with van der Waals surface area (Å²) in [6.45, 7) is 4.92. The normalized spacial score (nSPS) is 24.2. The van der Waals surface area contributed by atoms with Gasteiger partial charge in [0.05, 0.1) is 12.0 Å². The molecule has 1 aromatic rings. The number of piperidine rings is 1. The minimum absolute atomic E-state index is 0.00555. The van der Waals surface area contributed by atoms with Gasteiger partial charge >= 0.3 is 0 Å². The molecule has 0 aliphatic carbocycles. The number of likely N-dealkylation sites (tertiary alicyclic amines) is 2. The fourth-order valence-electron chi connectivity index (χ4n) is 4.44. The van der Waals surface area contributed by atoms with E-state index in [-0.39, 0.29) is 30.1 Å². The number of carbonyl (C=O) groups is 2. The third kappa shape index (κ3) is 6.24. The number of halogens is 1. The molecular weight excluding hydrogens is 373 g/mol. The first kappa shape index (κ1) is 21.7. The standard InChI is InChI=1S/C22H32FN3O3/c1-17(27)24-19-7-12-25(13-8-19)16-22(29)9-4-11-26(14-10-22)21(28)15-18-5-2-3-6-20(18)23/h2-3,5-6,19,29H,4,7-16H2,1H3,(H,24,27). The van der Waals surface area contributed by atoms with Gasteiger partial charge in [-0.15, -0.1) is 0 Å². The number of β-amino-alcohol motifs (C(OH)–C–C–N with tert-alkyl or cyclic N) is 1. The van der Waals surface area contributed by atoms with Gasteiger partial charge in [-0.3, -0.25) is 9.59 Å². The van der Waals surface area contributed by atoms with E-state index in [1.54, 1.807) is 30.0 Å². The minimum atomic E-state index is -0.812. The van der Waals surface area contributed by atoms with Gasteiger partial charge in [-0.25, -0.2) is 4.39 Å². The molecule has 29 heavy (non-hydrogen) atoms. The molecule has 2 N–H and O–H groups in total. The van der Waals surface area contributed by atoms with Crippen LogP contribution in [0.25, 0.3) is 0 Å². The van der Waals surface area contributed by atoms with Crippen LogP contribution in [-0.2, 0) is 16.0 Å². The molecule has 0 spiro atoms. The summed E-state index contributed by atoms with van der Waals surface area (Å²) < 4.78 is 13.8. The van der Waals surface area contributed by atoms with E-state index in [1.165, 1.54) is 6.07 Å². The van der Waals surface area contributed by atoms with E-state index in [0.717, 1.165) is 32.4 Å².